The molecule has 1 fully saturated rings. The van der Waals surface area contributed by atoms with Crippen molar-refractivity contribution >= 4 is 5.78 Å². The SMILES string of the molecule is CCCCC1CC(=O)C1. The highest BCUT2D eigenvalue weighted by atomic mass is 16.1. The summed E-state index contributed by atoms with van der Waals surface area (Å²) in [5, 5.41) is 0. The first kappa shape index (κ1) is 6.79. The van der Waals surface area contributed by atoms with Crippen molar-refractivity contribution in [1.29, 1.82) is 0 Å². The molecule has 0 unspecified atom stereocenters. The van der Waals surface area contributed by atoms with Gasteiger partial charge in [0.15, 0.2) is 0 Å². The zero-order chi connectivity index (χ0) is 6.69. The molecular formula is C8H14O. The van der Waals surface area contributed by atoms with Crippen LogP contribution in [0.3, 0.4) is 0 Å². The van der Waals surface area contributed by atoms with E-state index in [2.05, 4.69) is 6.92 Å². The highest BCUT2D eigenvalue weighted by Crippen LogP contribution is 2.27. The van der Waals surface area contributed by atoms with Gasteiger partial charge < -0.3 is 0 Å². The molecule has 1 heteroatoms. The molecule has 1 aliphatic rings. The van der Waals surface area contributed by atoms with Gasteiger partial charge in [-0.15, -0.1) is 0 Å². The van der Waals surface area contributed by atoms with Gasteiger partial charge in [-0.3, -0.25) is 4.79 Å². The van der Waals surface area contributed by atoms with E-state index in [1.807, 2.05) is 0 Å². The largest absolute Gasteiger partial charge is 0.300 e. The molecule has 0 amide bonds. The Labute approximate surface area is 56.4 Å². The molecule has 0 radical (unpaired) electrons. The van der Waals surface area contributed by atoms with E-state index in [4.69, 9.17) is 0 Å². The zero-order valence-corrected chi connectivity index (χ0v) is 6.02. The smallest absolute Gasteiger partial charge is 0.133 e. The lowest BCUT2D eigenvalue weighted by atomic mass is 9.81. The van der Waals surface area contributed by atoms with E-state index in [9.17, 15) is 4.79 Å². The minimum absolute atomic E-state index is 0.469. The van der Waals surface area contributed by atoms with Crippen LogP contribution in [-0.2, 0) is 4.79 Å². The number of carbonyl (C=O) groups is 1. The lowest BCUT2D eigenvalue weighted by molar-refractivity contribution is -0.127. The Morgan fingerprint density at radius 3 is 2.67 bits per heavy atom. The molecule has 0 atom stereocenters. The lowest BCUT2D eigenvalue weighted by Crippen LogP contribution is -2.22. The van der Waals surface area contributed by atoms with Crippen LogP contribution in [0.25, 0.3) is 0 Å². The number of hydrogen-bond acceptors (Lipinski definition) is 1. The van der Waals surface area contributed by atoms with Crippen molar-refractivity contribution in [3.63, 3.8) is 0 Å². The molecule has 0 aliphatic heterocycles. The van der Waals surface area contributed by atoms with E-state index >= 15 is 0 Å². The summed E-state index contributed by atoms with van der Waals surface area (Å²) < 4.78 is 0. The van der Waals surface area contributed by atoms with Crippen molar-refractivity contribution in [2.75, 3.05) is 0 Å². The highest BCUT2D eigenvalue weighted by molar-refractivity contribution is 5.84. The third kappa shape index (κ3) is 1.81. The Morgan fingerprint density at radius 1 is 1.56 bits per heavy atom. The summed E-state index contributed by atoms with van der Waals surface area (Å²) >= 11 is 0. The lowest BCUT2D eigenvalue weighted by Gasteiger charge is -2.23. The van der Waals surface area contributed by atoms with Gasteiger partial charge in [-0.1, -0.05) is 19.8 Å². The first-order chi connectivity index (χ1) is 4.33. The number of carbonyl (C=O) groups excluding carboxylic acids is 1. The van der Waals surface area contributed by atoms with Gasteiger partial charge in [0.25, 0.3) is 0 Å². The molecule has 52 valence electrons. The summed E-state index contributed by atoms with van der Waals surface area (Å²) in [5.41, 5.74) is 0. The topological polar surface area (TPSA) is 17.1 Å². The van der Waals surface area contributed by atoms with E-state index in [0.29, 0.717) is 5.78 Å². The van der Waals surface area contributed by atoms with Gasteiger partial charge in [0.1, 0.15) is 5.78 Å². The maximum atomic E-state index is 10.5. The summed E-state index contributed by atoms with van der Waals surface area (Å²) in [6.45, 7) is 2.19. The number of unbranched alkanes of at least 4 members (excludes halogenated alkanes) is 1. The summed E-state index contributed by atoms with van der Waals surface area (Å²) in [5.74, 6) is 1.23. The van der Waals surface area contributed by atoms with Crippen molar-refractivity contribution in [3.05, 3.63) is 0 Å². The Morgan fingerprint density at radius 2 is 2.22 bits per heavy atom. The van der Waals surface area contributed by atoms with Gasteiger partial charge in [0.05, 0.1) is 0 Å². The van der Waals surface area contributed by atoms with E-state index in [-0.39, 0.29) is 0 Å². The molecule has 0 bridgehead atoms. The summed E-state index contributed by atoms with van der Waals surface area (Å²) in [4.78, 5) is 10.5. The van der Waals surface area contributed by atoms with Crippen LogP contribution in [0.5, 0.6) is 0 Å². The molecule has 0 spiro atoms. The van der Waals surface area contributed by atoms with E-state index in [0.717, 1.165) is 18.8 Å². The van der Waals surface area contributed by atoms with Crippen LogP contribution in [-0.4, -0.2) is 5.78 Å². The van der Waals surface area contributed by atoms with Crippen LogP contribution in [0, 0.1) is 5.92 Å². The molecule has 0 aromatic rings. The van der Waals surface area contributed by atoms with Gasteiger partial charge in [0, 0.05) is 12.8 Å². The highest BCUT2D eigenvalue weighted by Gasteiger charge is 2.24. The number of ketones is 1. The van der Waals surface area contributed by atoms with Gasteiger partial charge in [0.2, 0.25) is 0 Å². The minimum atomic E-state index is 0.469. The fraction of sp³-hybridized carbons (Fsp3) is 0.875. The van der Waals surface area contributed by atoms with Crippen LogP contribution >= 0.6 is 0 Å². The molecule has 0 aromatic carbocycles. The maximum absolute atomic E-state index is 10.5. The first-order valence-corrected chi connectivity index (χ1v) is 3.84. The third-order valence-corrected chi connectivity index (χ3v) is 2.00. The quantitative estimate of drug-likeness (QED) is 0.566. The number of hydrogen-bond donors (Lipinski definition) is 0. The van der Waals surface area contributed by atoms with Crippen molar-refractivity contribution in [3.8, 4) is 0 Å². The molecule has 1 nitrogen and oxygen atoms in total. The van der Waals surface area contributed by atoms with Crippen LogP contribution in [0.2, 0.25) is 0 Å². The molecule has 9 heavy (non-hydrogen) atoms. The van der Waals surface area contributed by atoms with Crippen LogP contribution in [0.4, 0.5) is 0 Å². The summed E-state index contributed by atoms with van der Waals surface area (Å²) in [6.07, 6.45) is 5.60. The van der Waals surface area contributed by atoms with Gasteiger partial charge >= 0.3 is 0 Å². The van der Waals surface area contributed by atoms with E-state index in [1.54, 1.807) is 0 Å². The first-order valence-electron chi connectivity index (χ1n) is 3.84. The fourth-order valence-corrected chi connectivity index (χ4v) is 1.28. The van der Waals surface area contributed by atoms with Crippen molar-refractivity contribution in [1.82, 2.24) is 0 Å². The predicted molar refractivity (Wildman–Crippen MR) is 37.3 cm³/mol. The van der Waals surface area contributed by atoms with Gasteiger partial charge in [-0.05, 0) is 12.3 Å². The summed E-state index contributed by atoms with van der Waals surface area (Å²) in [6, 6.07) is 0. The second-order valence-electron chi connectivity index (χ2n) is 2.96. The maximum Gasteiger partial charge on any atom is 0.133 e. The molecule has 1 rings (SSSR count). The van der Waals surface area contributed by atoms with E-state index < -0.39 is 0 Å². The van der Waals surface area contributed by atoms with Crippen molar-refractivity contribution < 1.29 is 4.79 Å². The molecule has 0 heterocycles. The molecule has 0 N–H and O–H groups in total. The second kappa shape index (κ2) is 3.00. The van der Waals surface area contributed by atoms with Crippen LogP contribution in [0.1, 0.15) is 39.0 Å². The van der Waals surface area contributed by atoms with Crippen molar-refractivity contribution in [2.24, 2.45) is 5.92 Å². The Kier molecular flexibility index (Phi) is 2.26. The molecule has 0 aromatic heterocycles. The minimum Gasteiger partial charge on any atom is -0.300 e. The Balaban J connectivity index is 1.97. The van der Waals surface area contributed by atoms with Gasteiger partial charge in [-0.25, -0.2) is 0 Å². The molecule has 1 aliphatic carbocycles. The number of Topliss-reactive ketones (excluding diaryl/α,β-unsaturated/α-hetero) is 1. The molecular weight excluding hydrogens is 112 g/mol. The Hall–Kier alpha value is -0.330. The second-order valence-corrected chi connectivity index (χ2v) is 2.96. The average molecular weight is 126 g/mol. The normalized spacial score (nSPS) is 19.9. The molecule has 1 saturated carbocycles. The predicted octanol–water partition coefficient (Wildman–Crippen LogP) is 2.16. The Bertz CT molecular complexity index is 99.1. The average Bonchev–Trinajstić information content (AvgIpc) is 1.78. The van der Waals surface area contributed by atoms with Gasteiger partial charge in [-0.2, -0.15) is 0 Å². The van der Waals surface area contributed by atoms with Crippen LogP contribution in [0.15, 0.2) is 0 Å². The standard InChI is InChI=1S/C8H14O/c1-2-3-4-7-5-8(9)6-7/h7H,2-6H2,1H3. The molecule has 0 saturated heterocycles. The van der Waals surface area contributed by atoms with E-state index in [1.165, 1.54) is 19.3 Å². The number of rotatable bonds is 3. The monoisotopic (exact) mass is 126 g/mol. The van der Waals surface area contributed by atoms with Crippen molar-refractivity contribution in [2.45, 2.75) is 39.0 Å². The zero-order valence-electron chi connectivity index (χ0n) is 6.02. The summed E-state index contributed by atoms with van der Waals surface area (Å²) in [7, 11) is 0. The third-order valence-electron chi connectivity index (χ3n) is 2.00. The fourth-order valence-electron chi connectivity index (χ4n) is 1.28. The van der Waals surface area contributed by atoms with Crippen LogP contribution < -0.4 is 0 Å².